The quantitative estimate of drug-likeness (QED) is 0.921. The van der Waals surface area contributed by atoms with Gasteiger partial charge in [-0.05, 0) is 48.6 Å². The number of amides is 1. The summed E-state index contributed by atoms with van der Waals surface area (Å²) in [5.41, 5.74) is 2.38. The predicted molar refractivity (Wildman–Crippen MR) is 82.8 cm³/mol. The largest absolute Gasteiger partial charge is 0.321 e. The Bertz CT molecular complexity index is 555. The minimum Gasteiger partial charge on any atom is -0.321 e. The highest BCUT2D eigenvalue weighted by Crippen LogP contribution is 2.47. The van der Waals surface area contributed by atoms with Gasteiger partial charge in [0, 0.05) is 6.54 Å². The molecule has 1 heterocycles. The van der Waals surface area contributed by atoms with Gasteiger partial charge in [0.15, 0.2) is 0 Å². The van der Waals surface area contributed by atoms with E-state index in [-0.39, 0.29) is 11.7 Å². The molecule has 3 heteroatoms. The van der Waals surface area contributed by atoms with E-state index in [4.69, 9.17) is 0 Å². The Balaban J connectivity index is 1.60. The van der Waals surface area contributed by atoms with Crippen molar-refractivity contribution < 1.29 is 4.79 Å². The zero-order valence-electron chi connectivity index (χ0n) is 12.9. The first-order valence-corrected chi connectivity index (χ1v) is 8.28. The van der Waals surface area contributed by atoms with Crippen molar-refractivity contribution in [2.45, 2.75) is 57.2 Å². The van der Waals surface area contributed by atoms with Crippen molar-refractivity contribution in [1.29, 1.82) is 0 Å². The van der Waals surface area contributed by atoms with E-state index in [0.29, 0.717) is 11.8 Å². The van der Waals surface area contributed by atoms with Gasteiger partial charge < -0.3 is 4.90 Å². The van der Waals surface area contributed by atoms with Crippen LogP contribution in [0.25, 0.3) is 0 Å². The van der Waals surface area contributed by atoms with Crippen LogP contribution < -0.4 is 5.32 Å². The summed E-state index contributed by atoms with van der Waals surface area (Å²) in [6, 6.07) is 8.81. The second-order valence-corrected chi connectivity index (χ2v) is 7.35. The Morgan fingerprint density at radius 3 is 2.43 bits per heavy atom. The number of nitrogens with one attached hydrogen (secondary N) is 1. The van der Waals surface area contributed by atoms with E-state index < -0.39 is 0 Å². The Morgan fingerprint density at radius 1 is 1.24 bits per heavy atom. The Kier molecular flexibility index (Phi) is 2.90. The predicted octanol–water partition coefficient (Wildman–Crippen LogP) is 3.18. The summed E-state index contributed by atoms with van der Waals surface area (Å²) in [6.45, 7) is 5.36. The number of carbonyl (C=O) groups excluding carboxylic acids is 1. The normalized spacial score (nSPS) is 26.9. The smallest absolute Gasteiger partial charge is 0.244 e. The topological polar surface area (TPSA) is 32.3 Å². The summed E-state index contributed by atoms with van der Waals surface area (Å²) in [4.78, 5) is 14.8. The Morgan fingerprint density at radius 2 is 1.90 bits per heavy atom. The molecule has 3 nitrogen and oxygen atoms in total. The number of rotatable bonds is 4. The van der Waals surface area contributed by atoms with E-state index in [0.717, 1.165) is 25.3 Å². The molecular weight excluding hydrogens is 260 g/mol. The molecule has 0 aromatic heterocycles. The van der Waals surface area contributed by atoms with Crippen molar-refractivity contribution in [3.8, 4) is 0 Å². The van der Waals surface area contributed by atoms with Gasteiger partial charge in [-0.15, -0.1) is 0 Å². The third-order valence-electron chi connectivity index (χ3n) is 5.22. The van der Waals surface area contributed by atoms with Crippen molar-refractivity contribution >= 4 is 5.91 Å². The molecule has 21 heavy (non-hydrogen) atoms. The number of nitrogens with zero attached hydrogens (tertiary/aromatic N) is 1. The molecule has 0 bridgehead atoms. The molecule has 1 aromatic carbocycles. The van der Waals surface area contributed by atoms with Gasteiger partial charge in [-0.1, -0.05) is 38.1 Å². The summed E-state index contributed by atoms with van der Waals surface area (Å²) in [5, 5.41) is 3.62. The maximum Gasteiger partial charge on any atom is 0.244 e. The highest BCUT2D eigenvalue weighted by atomic mass is 16.2. The van der Waals surface area contributed by atoms with Gasteiger partial charge >= 0.3 is 0 Å². The number of hydrogen-bond donors (Lipinski definition) is 1. The minimum absolute atomic E-state index is 0.0850. The molecule has 3 fully saturated rings. The fourth-order valence-electron chi connectivity index (χ4n) is 3.37. The van der Waals surface area contributed by atoms with Gasteiger partial charge in [0.05, 0.1) is 0 Å². The van der Waals surface area contributed by atoms with Crippen LogP contribution in [-0.2, 0) is 4.79 Å². The number of hydrogen-bond acceptors (Lipinski definition) is 2. The highest BCUT2D eigenvalue weighted by Gasteiger charge is 2.59. The lowest BCUT2D eigenvalue weighted by Gasteiger charge is -2.24. The molecule has 1 N–H and O–H groups in total. The molecule has 2 aliphatic carbocycles. The lowest BCUT2D eigenvalue weighted by atomic mass is 10.0. The van der Waals surface area contributed by atoms with E-state index in [1.165, 1.54) is 24.0 Å². The van der Waals surface area contributed by atoms with Crippen LogP contribution in [0.2, 0.25) is 0 Å². The summed E-state index contributed by atoms with van der Waals surface area (Å²) in [7, 11) is 0. The van der Waals surface area contributed by atoms with Crippen LogP contribution in [-0.4, -0.2) is 22.9 Å². The van der Waals surface area contributed by atoms with Gasteiger partial charge in [-0.3, -0.25) is 10.1 Å². The molecular formula is C18H24N2O. The average molecular weight is 284 g/mol. The van der Waals surface area contributed by atoms with Crippen molar-refractivity contribution in [2.75, 3.05) is 6.54 Å². The van der Waals surface area contributed by atoms with E-state index in [2.05, 4.69) is 48.3 Å². The maximum absolute atomic E-state index is 12.7. The van der Waals surface area contributed by atoms with Crippen molar-refractivity contribution in [2.24, 2.45) is 5.92 Å². The number of carbonyl (C=O) groups is 1. The summed E-state index contributed by atoms with van der Waals surface area (Å²) in [6.07, 6.45) is 4.68. The first-order valence-electron chi connectivity index (χ1n) is 8.28. The van der Waals surface area contributed by atoms with Crippen molar-refractivity contribution in [3.05, 3.63) is 35.4 Å². The Labute approximate surface area is 126 Å². The fraction of sp³-hybridized carbons (Fsp3) is 0.611. The molecule has 1 spiro atoms. The molecule has 3 aliphatic rings. The summed E-state index contributed by atoms with van der Waals surface area (Å²) >= 11 is 0. The molecule has 1 aliphatic heterocycles. The van der Waals surface area contributed by atoms with Gasteiger partial charge in [-0.2, -0.15) is 0 Å². The SMILES string of the molecule is CC(C)c1ccc(C2NC3(CC3)C(=O)N2CC2CC2)cc1. The average Bonchev–Trinajstić information content (AvgIpc) is 3.37. The van der Waals surface area contributed by atoms with E-state index in [9.17, 15) is 4.79 Å². The fourth-order valence-corrected chi connectivity index (χ4v) is 3.37. The van der Waals surface area contributed by atoms with Crippen LogP contribution in [0.5, 0.6) is 0 Å². The lowest BCUT2D eigenvalue weighted by molar-refractivity contribution is -0.131. The van der Waals surface area contributed by atoms with E-state index in [1.807, 2.05) is 0 Å². The Hall–Kier alpha value is -1.35. The standard InChI is InChI=1S/C18H24N2O/c1-12(2)14-5-7-15(8-6-14)16-19-18(9-10-18)17(21)20(16)11-13-3-4-13/h5-8,12-13,16,19H,3-4,9-11H2,1-2H3. The molecule has 1 atom stereocenters. The van der Waals surface area contributed by atoms with Gasteiger partial charge in [-0.25, -0.2) is 0 Å². The zero-order valence-corrected chi connectivity index (χ0v) is 12.9. The molecule has 112 valence electrons. The van der Waals surface area contributed by atoms with E-state index >= 15 is 0 Å². The third kappa shape index (κ3) is 2.28. The first kappa shape index (κ1) is 13.3. The molecule has 1 amide bonds. The second-order valence-electron chi connectivity index (χ2n) is 7.35. The second kappa shape index (κ2) is 4.57. The maximum atomic E-state index is 12.7. The lowest BCUT2D eigenvalue weighted by Crippen LogP contribution is -2.33. The molecule has 4 rings (SSSR count). The van der Waals surface area contributed by atoms with Crippen LogP contribution >= 0.6 is 0 Å². The van der Waals surface area contributed by atoms with E-state index in [1.54, 1.807) is 0 Å². The highest BCUT2D eigenvalue weighted by molar-refractivity contribution is 5.92. The molecule has 1 saturated heterocycles. The van der Waals surface area contributed by atoms with Crippen LogP contribution in [0.3, 0.4) is 0 Å². The third-order valence-corrected chi connectivity index (χ3v) is 5.22. The van der Waals surface area contributed by atoms with Crippen LogP contribution in [0.1, 0.15) is 62.7 Å². The summed E-state index contributed by atoms with van der Waals surface area (Å²) in [5.74, 6) is 1.63. The monoisotopic (exact) mass is 284 g/mol. The minimum atomic E-state index is -0.212. The van der Waals surface area contributed by atoms with Crippen LogP contribution in [0.15, 0.2) is 24.3 Å². The van der Waals surface area contributed by atoms with Crippen molar-refractivity contribution in [3.63, 3.8) is 0 Å². The van der Waals surface area contributed by atoms with Crippen molar-refractivity contribution in [1.82, 2.24) is 10.2 Å². The van der Waals surface area contributed by atoms with Crippen LogP contribution in [0, 0.1) is 5.92 Å². The molecule has 1 unspecified atom stereocenters. The van der Waals surface area contributed by atoms with Gasteiger partial charge in [0.1, 0.15) is 11.7 Å². The number of benzene rings is 1. The van der Waals surface area contributed by atoms with Gasteiger partial charge in [0.2, 0.25) is 5.91 Å². The molecule has 2 saturated carbocycles. The van der Waals surface area contributed by atoms with Gasteiger partial charge in [0.25, 0.3) is 0 Å². The molecule has 0 radical (unpaired) electrons. The first-order chi connectivity index (χ1) is 10.1. The van der Waals surface area contributed by atoms with Crippen LogP contribution in [0.4, 0.5) is 0 Å². The zero-order chi connectivity index (χ0) is 14.6. The molecule has 1 aromatic rings. The summed E-state index contributed by atoms with van der Waals surface area (Å²) < 4.78 is 0.